The Bertz CT molecular complexity index is 1410. The van der Waals surface area contributed by atoms with Crippen molar-refractivity contribution in [1.29, 1.82) is 0 Å². The molecule has 36 heavy (non-hydrogen) atoms. The number of hydrogen-bond acceptors (Lipinski definition) is 3. The van der Waals surface area contributed by atoms with Crippen molar-refractivity contribution in [3.8, 4) is 5.75 Å². The van der Waals surface area contributed by atoms with Crippen molar-refractivity contribution < 1.29 is 27.5 Å². The van der Waals surface area contributed by atoms with Gasteiger partial charge < -0.3 is 19.5 Å². The molecule has 2 amide bonds. The smallest absolute Gasteiger partial charge is 0.408 e. The lowest BCUT2D eigenvalue weighted by atomic mass is 10.1. The zero-order valence-electron chi connectivity index (χ0n) is 19.7. The van der Waals surface area contributed by atoms with Crippen LogP contribution >= 0.6 is 0 Å². The van der Waals surface area contributed by atoms with Gasteiger partial charge in [-0.2, -0.15) is 0 Å². The summed E-state index contributed by atoms with van der Waals surface area (Å²) in [5.41, 5.74) is 1.00. The molecule has 1 aromatic heterocycles. The molecule has 0 saturated heterocycles. The molecule has 186 valence electrons. The van der Waals surface area contributed by atoms with Gasteiger partial charge in [0, 0.05) is 41.9 Å². The van der Waals surface area contributed by atoms with Gasteiger partial charge in [-0.15, -0.1) is 0 Å². The quantitative estimate of drug-likeness (QED) is 0.332. The van der Waals surface area contributed by atoms with Gasteiger partial charge in [0.1, 0.15) is 17.5 Å². The zero-order chi connectivity index (χ0) is 25.8. The van der Waals surface area contributed by atoms with E-state index in [0.717, 1.165) is 12.1 Å². The van der Waals surface area contributed by atoms with Gasteiger partial charge in [-0.1, -0.05) is 18.2 Å². The van der Waals surface area contributed by atoms with E-state index in [1.54, 1.807) is 54.9 Å². The van der Waals surface area contributed by atoms with E-state index >= 15 is 0 Å². The normalized spacial score (nSPS) is 10.9. The fraction of sp³-hybridized carbons (Fsp3) is 0.185. The third kappa shape index (κ3) is 5.19. The van der Waals surface area contributed by atoms with Gasteiger partial charge in [-0.05, 0) is 50.2 Å². The van der Waals surface area contributed by atoms with Gasteiger partial charge in [0.2, 0.25) is 0 Å². The molecule has 0 unspecified atom stereocenters. The second kappa shape index (κ2) is 10.6. The van der Waals surface area contributed by atoms with E-state index in [1.807, 2.05) is 0 Å². The summed E-state index contributed by atoms with van der Waals surface area (Å²) in [7, 11) is 0. The van der Waals surface area contributed by atoms with Gasteiger partial charge in [-0.25, -0.2) is 18.0 Å². The summed E-state index contributed by atoms with van der Waals surface area (Å²) in [6, 6.07) is 13.8. The minimum Gasteiger partial charge on any atom is -0.408 e. The lowest BCUT2D eigenvalue weighted by Crippen LogP contribution is -2.33. The van der Waals surface area contributed by atoms with E-state index < -0.39 is 23.6 Å². The number of halogens is 3. The number of anilines is 1. The summed E-state index contributed by atoms with van der Waals surface area (Å²) in [5, 5.41) is 3.14. The predicted molar refractivity (Wildman–Crippen MR) is 131 cm³/mol. The van der Waals surface area contributed by atoms with E-state index in [0.29, 0.717) is 35.6 Å². The summed E-state index contributed by atoms with van der Waals surface area (Å²) in [6.45, 7) is 4.66. The average molecular weight is 496 g/mol. The third-order valence-corrected chi connectivity index (χ3v) is 5.80. The predicted octanol–water partition coefficient (Wildman–Crippen LogP) is 6.20. The van der Waals surface area contributed by atoms with E-state index in [9.17, 15) is 22.8 Å². The highest BCUT2D eigenvalue weighted by Gasteiger charge is 2.21. The number of aromatic nitrogens is 1. The van der Waals surface area contributed by atoms with Gasteiger partial charge in [0.05, 0.1) is 17.7 Å². The maximum Gasteiger partial charge on any atom is 0.415 e. The van der Waals surface area contributed by atoms with E-state index in [4.69, 9.17) is 4.74 Å². The van der Waals surface area contributed by atoms with Crippen LogP contribution in [-0.4, -0.2) is 34.6 Å². The molecule has 0 aliphatic carbocycles. The van der Waals surface area contributed by atoms with Crippen LogP contribution in [0.15, 0.2) is 66.9 Å². The molecule has 0 aliphatic rings. The van der Waals surface area contributed by atoms with Crippen molar-refractivity contribution in [2.24, 2.45) is 0 Å². The van der Waals surface area contributed by atoms with Gasteiger partial charge in [0.25, 0.3) is 5.91 Å². The number of amides is 2. The number of nitrogens with one attached hydrogen (secondary N) is 1. The van der Waals surface area contributed by atoms with E-state index in [2.05, 4.69) is 5.32 Å². The van der Waals surface area contributed by atoms with Crippen LogP contribution < -0.4 is 10.1 Å². The Morgan fingerprint density at radius 2 is 1.64 bits per heavy atom. The molecule has 0 bridgehead atoms. The Labute approximate surface area is 205 Å². The molecule has 0 radical (unpaired) electrons. The molecule has 4 aromatic rings. The topological polar surface area (TPSA) is 63.6 Å². The number of ether oxygens (including phenoxy) is 1. The van der Waals surface area contributed by atoms with Crippen LogP contribution in [0, 0.1) is 17.5 Å². The molecule has 0 saturated carbocycles. The summed E-state index contributed by atoms with van der Waals surface area (Å²) in [4.78, 5) is 27.0. The second-order valence-corrected chi connectivity index (χ2v) is 8.06. The third-order valence-electron chi connectivity index (χ3n) is 5.80. The highest BCUT2D eigenvalue weighted by molar-refractivity contribution is 6.10. The second-order valence-electron chi connectivity index (χ2n) is 8.06. The summed E-state index contributed by atoms with van der Waals surface area (Å²) in [6.07, 6.45) is 1.10. The summed E-state index contributed by atoms with van der Waals surface area (Å²) < 4.78 is 49.0. The zero-order valence-corrected chi connectivity index (χ0v) is 19.7. The van der Waals surface area contributed by atoms with Crippen molar-refractivity contribution in [2.75, 3.05) is 18.4 Å². The SMILES string of the molecule is CCN(CC)C(=O)Oc1ccc2c(ccn2Cc2ccccc2F)c1NC(=O)c1cc(F)cc(F)c1. The molecular formula is C27H24F3N3O3. The molecule has 6 nitrogen and oxygen atoms in total. The highest BCUT2D eigenvalue weighted by Crippen LogP contribution is 2.35. The number of rotatable bonds is 7. The van der Waals surface area contributed by atoms with Crippen molar-refractivity contribution in [3.63, 3.8) is 0 Å². The number of nitrogens with zero attached hydrogens (tertiary/aromatic N) is 2. The largest absolute Gasteiger partial charge is 0.415 e. The number of carbonyl (C=O) groups excluding carboxylic acids is 2. The minimum absolute atomic E-state index is 0.0632. The van der Waals surface area contributed by atoms with Crippen LogP contribution in [0.1, 0.15) is 29.8 Å². The Morgan fingerprint density at radius 3 is 2.31 bits per heavy atom. The van der Waals surface area contributed by atoms with Crippen molar-refractivity contribution in [3.05, 3.63) is 95.4 Å². The Balaban J connectivity index is 1.76. The molecule has 0 atom stereocenters. The van der Waals surface area contributed by atoms with Crippen LogP contribution in [0.5, 0.6) is 5.75 Å². The fourth-order valence-electron chi connectivity index (χ4n) is 3.93. The first kappa shape index (κ1) is 24.8. The first-order chi connectivity index (χ1) is 17.3. The highest BCUT2D eigenvalue weighted by atomic mass is 19.1. The summed E-state index contributed by atoms with van der Waals surface area (Å²) >= 11 is 0. The van der Waals surface area contributed by atoms with Crippen LogP contribution in [0.2, 0.25) is 0 Å². The molecule has 0 spiro atoms. The van der Waals surface area contributed by atoms with Crippen molar-refractivity contribution in [2.45, 2.75) is 20.4 Å². The standard InChI is InChI=1S/C27H24F3N3O3/c1-3-32(4-2)27(35)36-24-10-9-23-21(11-12-33(23)16-17-7-5-6-8-22(17)30)25(24)31-26(34)18-13-19(28)15-20(29)14-18/h5-15H,3-4,16H2,1-2H3,(H,31,34). The maximum absolute atomic E-state index is 14.2. The monoisotopic (exact) mass is 495 g/mol. The Hall–Kier alpha value is -4.27. The molecule has 1 heterocycles. The Kier molecular flexibility index (Phi) is 7.28. The van der Waals surface area contributed by atoms with Gasteiger partial charge in [-0.3, -0.25) is 4.79 Å². The lowest BCUT2D eigenvalue weighted by molar-refractivity contribution is 0.102. The van der Waals surface area contributed by atoms with Gasteiger partial charge in [0.15, 0.2) is 5.75 Å². The lowest BCUT2D eigenvalue weighted by Gasteiger charge is -2.20. The van der Waals surface area contributed by atoms with Gasteiger partial charge >= 0.3 is 6.09 Å². The van der Waals surface area contributed by atoms with Crippen molar-refractivity contribution in [1.82, 2.24) is 9.47 Å². The fourth-order valence-corrected chi connectivity index (χ4v) is 3.93. The van der Waals surface area contributed by atoms with Crippen LogP contribution in [0.3, 0.4) is 0 Å². The molecule has 9 heteroatoms. The average Bonchev–Trinajstić information content (AvgIpc) is 3.25. The first-order valence-electron chi connectivity index (χ1n) is 11.4. The first-order valence-corrected chi connectivity index (χ1v) is 11.4. The molecular weight excluding hydrogens is 471 g/mol. The number of carbonyl (C=O) groups is 2. The number of hydrogen-bond donors (Lipinski definition) is 1. The molecule has 4 rings (SSSR count). The van der Waals surface area contributed by atoms with Crippen LogP contribution in [0.4, 0.5) is 23.7 Å². The molecule has 0 fully saturated rings. The molecule has 1 N–H and O–H groups in total. The molecule has 0 aliphatic heterocycles. The van der Waals surface area contributed by atoms with Crippen LogP contribution in [-0.2, 0) is 6.54 Å². The summed E-state index contributed by atoms with van der Waals surface area (Å²) in [5.74, 6) is -2.88. The van der Waals surface area contributed by atoms with E-state index in [-0.39, 0.29) is 29.4 Å². The maximum atomic E-state index is 14.2. The minimum atomic E-state index is -0.900. The van der Waals surface area contributed by atoms with Crippen LogP contribution in [0.25, 0.3) is 10.9 Å². The van der Waals surface area contributed by atoms with Crippen molar-refractivity contribution >= 4 is 28.6 Å². The number of fused-ring (bicyclic) bond motifs is 1. The van der Waals surface area contributed by atoms with E-state index in [1.165, 1.54) is 17.0 Å². The molecule has 3 aromatic carbocycles. The number of benzene rings is 3. The Morgan fingerprint density at radius 1 is 0.944 bits per heavy atom.